The first-order valence-electron chi connectivity index (χ1n) is 6.08. The molecule has 1 aromatic rings. The van der Waals surface area contributed by atoms with Gasteiger partial charge in [0.15, 0.2) is 0 Å². The highest BCUT2D eigenvalue weighted by Gasteiger charge is 2.23. The van der Waals surface area contributed by atoms with Gasteiger partial charge in [-0.3, -0.25) is 4.79 Å². The molecule has 0 aromatic heterocycles. The van der Waals surface area contributed by atoms with E-state index in [4.69, 9.17) is 5.73 Å². The molecule has 0 heterocycles. The average molecular weight is 254 g/mol. The van der Waals surface area contributed by atoms with Gasteiger partial charge >= 0.3 is 0 Å². The van der Waals surface area contributed by atoms with E-state index in [1.807, 2.05) is 0 Å². The fraction of sp³-hybridized carbons (Fsp3) is 0.462. The number of rotatable bonds is 2. The summed E-state index contributed by atoms with van der Waals surface area (Å²) < 4.78 is 26.8. The van der Waals surface area contributed by atoms with Gasteiger partial charge in [0.25, 0.3) is 5.91 Å². The lowest BCUT2D eigenvalue weighted by atomic mass is 9.91. The summed E-state index contributed by atoms with van der Waals surface area (Å²) in [6.07, 6.45) is 3.15. The lowest BCUT2D eigenvalue weighted by molar-refractivity contribution is 0.0917. The molecule has 0 spiro atoms. The number of carbonyl (C=O) groups is 1. The second-order valence-electron chi connectivity index (χ2n) is 4.68. The standard InChI is InChI=1S/C13H16F2N2O/c14-10-2-1-3-11(15)12(10)13(18)17-9-6-4-8(16)5-7-9/h1-3,8-9H,4-7,16H2,(H,17,18). The van der Waals surface area contributed by atoms with Gasteiger partial charge in [-0.05, 0) is 37.8 Å². The van der Waals surface area contributed by atoms with Gasteiger partial charge in [0, 0.05) is 12.1 Å². The molecular formula is C13H16F2N2O. The third-order valence-electron chi connectivity index (χ3n) is 3.30. The van der Waals surface area contributed by atoms with Crippen molar-refractivity contribution in [3.63, 3.8) is 0 Å². The summed E-state index contributed by atoms with van der Waals surface area (Å²) in [6, 6.07) is 3.52. The van der Waals surface area contributed by atoms with E-state index in [1.54, 1.807) is 0 Å². The van der Waals surface area contributed by atoms with Crippen LogP contribution in [0.3, 0.4) is 0 Å². The molecule has 2 rings (SSSR count). The molecule has 1 aliphatic rings. The van der Waals surface area contributed by atoms with E-state index < -0.39 is 23.1 Å². The Morgan fingerprint density at radius 1 is 1.17 bits per heavy atom. The number of hydrogen-bond donors (Lipinski definition) is 2. The maximum atomic E-state index is 13.4. The maximum absolute atomic E-state index is 13.4. The lowest BCUT2D eigenvalue weighted by Crippen LogP contribution is -2.41. The molecule has 0 saturated heterocycles. The third kappa shape index (κ3) is 2.85. The van der Waals surface area contributed by atoms with Crippen LogP contribution in [0.15, 0.2) is 18.2 Å². The Hall–Kier alpha value is -1.49. The van der Waals surface area contributed by atoms with Crippen LogP contribution >= 0.6 is 0 Å². The minimum absolute atomic E-state index is 0.0451. The molecule has 98 valence electrons. The van der Waals surface area contributed by atoms with E-state index in [2.05, 4.69) is 5.32 Å². The summed E-state index contributed by atoms with van der Waals surface area (Å²) in [7, 11) is 0. The molecule has 3 nitrogen and oxygen atoms in total. The van der Waals surface area contributed by atoms with Crippen LogP contribution in [-0.4, -0.2) is 18.0 Å². The van der Waals surface area contributed by atoms with Crippen molar-refractivity contribution in [2.45, 2.75) is 37.8 Å². The van der Waals surface area contributed by atoms with Crippen molar-refractivity contribution in [1.82, 2.24) is 5.32 Å². The quantitative estimate of drug-likeness (QED) is 0.847. The van der Waals surface area contributed by atoms with E-state index in [-0.39, 0.29) is 12.1 Å². The smallest absolute Gasteiger partial charge is 0.257 e. The van der Waals surface area contributed by atoms with Gasteiger partial charge < -0.3 is 11.1 Å². The molecular weight excluding hydrogens is 238 g/mol. The number of hydrogen-bond acceptors (Lipinski definition) is 2. The number of nitrogens with one attached hydrogen (secondary N) is 1. The topological polar surface area (TPSA) is 55.1 Å². The normalized spacial score (nSPS) is 23.7. The molecule has 0 atom stereocenters. The second kappa shape index (κ2) is 5.44. The van der Waals surface area contributed by atoms with Crippen LogP contribution in [0.1, 0.15) is 36.0 Å². The molecule has 0 radical (unpaired) electrons. The van der Waals surface area contributed by atoms with Crippen LogP contribution in [0.25, 0.3) is 0 Å². The molecule has 18 heavy (non-hydrogen) atoms. The molecule has 0 bridgehead atoms. The van der Waals surface area contributed by atoms with Crippen molar-refractivity contribution < 1.29 is 13.6 Å². The van der Waals surface area contributed by atoms with Crippen LogP contribution in [0.2, 0.25) is 0 Å². The molecule has 1 aromatic carbocycles. The largest absolute Gasteiger partial charge is 0.349 e. The van der Waals surface area contributed by atoms with Crippen molar-refractivity contribution in [3.8, 4) is 0 Å². The highest BCUT2D eigenvalue weighted by Crippen LogP contribution is 2.18. The number of benzene rings is 1. The Morgan fingerprint density at radius 2 is 1.72 bits per heavy atom. The molecule has 1 aliphatic carbocycles. The summed E-state index contributed by atoms with van der Waals surface area (Å²) in [5, 5.41) is 2.66. The van der Waals surface area contributed by atoms with Gasteiger partial charge in [-0.25, -0.2) is 8.78 Å². The summed E-state index contributed by atoms with van der Waals surface area (Å²) in [6.45, 7) is 0. The molecule has 3 N–H and O–H groups in total. The Morgan fingerprint density at radius 3 is 2.28 bits per heavy atom. The summed E-state index contributed by atoms with van der Waals surface area (Å²) in [5.74, 6) is -2.36. The highest BCUT2D eigenvalue weighted by atomic mass is 19.1. The number of amides is 1. The summed E-state index contributed by atoms with van der Waals surface area (Å²) in [5.41, 5.74) is 5.25. The van der Waals surface area contributed by atoms with Gasteiger partial charge in [-0.2, -0.15) is 0 Å². The first-order valence-corrected chi connectivity index (χ1v) is 6.08. The third-order valence-corrected chi connectivity index (χ3v) is 3.30. The first-order chi connectivity index (χ1) is 8.58. The van der Waals surface area contributed by atoms with Crippen LogP contribution in [-0.2, 0) is 0 Å². The van der Waals surface area contributed by atoms with E-state index in [1.165, 1.54) is 6.07 Å². The Labute approximate surface area is 104 Å². The van der Waals surface area contributed by atoms with Crippen molar-refractivity contribution in [3.05, 3.63) is 35.4 Å². The van der Waals surface area contributed by atoms with E-state index in [0.29, 0.717) is 0 Å². The fourth-order valence-corrected chi connectivity index (χ4v) is 2.24. The van der Waals surface area contributed by atoms with Gasteiger partial charge in [0.1, 0.15) is 17.2 Å². The second-order valence-corrected chi connectivity index (χ2v) is 4.68. The molecule has 0 unspecified atom stereocenters. The van der Waals surface area contributed by atoms with Gasteiger partial charge in [-0.1, -0.05) is 6.07 Å². The zero-order valence-corrected chi connectivity index (χ0v) is 9.96. The van der Waals surface area contributed by atoms with Crippen molar-refractivity contribution in [1.29, 1.82) is 0 Å². The molecule has 1 saturated carbocycles. The predicted molar refractivity (Wildman–Crippen MR) is 64.1 cm³/mol. The van der Waals surface area contributed by atoms with Crippen LogP contribution in [0, 0.1) is 11.6 Å². The predicted octanol–water partition coefficient (Wildman–Crippen LogP) is 1.96. The molecule has 0 aliphatic heterocycles. The summed E-state index contributed by atoms with van der Waals surface area (Å²) in [4.78, 5) is 11.8. The SMILES string of the molecule is NC1CCC(NC(=O)c2c(F)cccc2F)CC1. The number of carbonyl (C=O) groups excluding carboxylic acids is 1. The summed E-state index contributed by atoms with van der Waals surface area (Å²) >= 11 is 0. The van der Waals surface area contributed by atoms with E-state index >= 15 is 0 Å². The van der Waals surface area contributed by atoms with Crippen LogP contribution in [0.5, 0.6) is 0 Å². The Kier molecular flexibility index (Phi) is 3.91. The van der Waals surface area contributed by atoms with Crippen molar-refractivity contribution in [2.75, 3.05) is 0 Å². The monoisotopic (exact) mass is 254 g/mol. The lowest BCUT2D eigenvalue weighted by Gasteiger charge is -2.26. The van der Waals surface area contributed by atoms with Gasteiger partial charge in [0.05, 0.1) is 0 Å². The zero-order valence-electron chi connectivity index (χ0n) is 9.96. The molecule has 5 heteroatoms. The zero-order chi connectivity index (χ0) is 13.1. The Balaban J connectivity index is 2.04. The van der Waals surface area contributed by atoms with Crippen molar-refractivity contribution in [2.24, 2.45) is 5.73 Å². The molecule has 1 fully saturated rings. The van der Waals surface area contributed by atoms with Crippen LogP contribution < -0.4 is 11.1 Å². The first kappa shape index (κ1) is 13.0. The highest BCUT2D eigenvalue weighted by molar-refractivity contribution is 5.94. The van der Waals surface area contributed by atoms with Gasteiger partial charge in [0.2, 0.25) is 0 Å². The Bertz CT molecular complexity index is 422. The van der Waals surface area contributed by atoms with Crippen LogP contribution in [0.4, 0.5) is 8.78 Å². The molecule has 1 amide bonds. The van der Waals surface area contributed by atoms with Crippen molar-refractivity contribution >= 4 is 5.91 Å². The number of nitrogens with two attached hydrogens (primary N) is 1. The minimum atomic E-state index is -0.833. The maximum Gasteiger partial charge on any atom is 0.257 e. The average Bonchev–Trinajstić information content (AvgIpc) is 2.32. The van der Waals surface area contributed by atoms with E-state index in [9.17, 15) is 13.6 Å². The minimum Gasteiger partial charge on any atom is -0.349 e. The van der Waals surface area contributed by atoms with E-state index in [0.717, 1.165) is 37.8 Å². The van der Waals surface area contributed by atoms with Gasteiger partial charge in [-0.15, -0.1) is 0 Å². The number of halogens is 2. The fourth-order valence-electron chi connectivity index (χ4n) is 2.24.